The summed E-state index contributed by atoms with van der Waals surface area (Å²) in [6, 6.07) is 9.54. The average molecular weight is 815 g/mol. The van der Waals surface area contributed by atoms with Crippen LogP contribution in [0.15, 0.2) is 86.0 Å². The summed E-state index contributed by atoms with van der Waals surface area (Å²) >= 11 is 1.33. The van der Waals surface area contributed by atoms with Crippen molar-refractivity contribution >= 4 is 37.5 Å². The zero-order chi connectivity index (χ0) is 40.3. The van der Waals surface area contributed by atoms with Crippen molar-refractivity contribution in [3.05, 3.63) is 120 Å². The number of benzene rings is 2. The molecule has 1 saturated heterocycles. The van der Waals surface area contributed by atoms with E-state index >= 15 is 8.78 Å². The maximum Gasteiger partial charge on any atom is 0.475 e. The van der Waals surface area contributed by atoms with Gasteiger partial charge in [-0.3, -0.25) is 18.4 Å². The first-order valence-electron chi connectivity index (χ1n) is 17.6. The number of allylic oxidation sites excluding steroid dienone is 2. The van der Waals surface area contributed by atoms with Crippen LogP contribution in [0.25, 0.3) is 11.9 Å². The number of phosphoric ester groups is 1. The molecule has 0 saturated carbocycles. The van der Waals surface area contributed by atoms with Crippen LogP contribution in [0.5, 0.6) is 0 Å². The number of hydrogen-bond donors (Lipinski definition) is 0. The Kier molecular flexibility index (Phi) is 14.7. The van der Waals surface area contributed by atoms with E-state index in [-0.39, 0.29) is 61.3 Å². The van der Waals surface area contributed by atoms with Gasteiger partial charge in [-0.25, -0.2) is 27.4 Å². The van der Waals surface area contributed by atoms with Crippen molar-refractivity contribution in [3.63, 3.8) is 0 Å². The Bertz CT molecular complexity index is 2030. The number of fused-ring (bicyclic) bond motifs is 15. The van der Waals surface area contributed by atoms with Crippen LogP contribution in [0, 0.1) is 28.4 Å². The van der Waals surface area contributed by atoms with E-state index in [1.54, 1.807) is 57.2 Å². The van der Waals surface area contributed by atoms with E-state index in [1.807, 2.05) is 6.07 Å². The molecule has 17 heteroatoms. The van der Waals surface area contributed by atoms with Crippen molar-refractivity contribution in [1.29, 1.82) is 5.26 Å². The average Bonchev–Trinajstić information content (AvgIpc) is 3.68. The van der Waals surface area contributed by atoms with Crippen molar-refractivity contribution in [2.75, 3.05) is 33.0 Å². The fourth-order valence-electron chi connectivity index (χ4n) is 5.76. The predicted molar refractivity (Wildman–Crippen MR) is 203 cm³/mol. The van der Waals surface area contributed by atoms with E-state index < -0.39 is 60.4 Å². The molecule has 0 N–H and O–H groups in total. The minimum Gasteiger partial charge on any atom is -0.450 e. The maximum absolute atomic E-state index is 15.9. The Morgan fingerprint density at radius 3 is 2.62 bits per heavy atom. The number of esters is 1. The SMILES string of the molecule is C=CCOP1(=O)OC/C=C(/F)c2cc(C#N)ccc2/C=C/C=C/C2OCC(CO2)S[C@H](C)[C@](Cn2cncn2)(c2ccc(F)cc2F)OC(=O)C(C)(C)CCO1. The monoisotopic (exact) mass is 814 g/mol. The molecular weight excluding hydrogens is 772 g/mol. The van der Waals surface area contributed by atoms with Gasteiger partial charge in [-0.15, -0.1) is 18.3 Å². The number of carbonyl (C=O) groups is 1. The summed E-state index contributed by atoms with van der Waals surface area (Å²) in [6.07, 6.45) is 10.8. The lowest BCUT2D eigenvalue weighted by molar-refractivity contribution is -0.175. The van der Waals surface area contributed by atoms with E-state index in [4.69, 9.17) is 27.8 Å². The number of hydrogen-bond acceptors (Lipinski definition) is 12. The number of carbonyl (C=O) groups excluding carboxylic acids is 1. The van der Waals surface area contributed by atoms with Gasteiger partial charge in [0.25, 0.3) is 0 Å². The van der Waals surface area contributed by atoms with Crippen molar-refractivity contribution < 1.29 is 50.3 Å². The molecule has 12 nitrogen and oxygen atoms in total. The minimum absolute atomic E-state index is 0.0920. The quantitative estimate of drug-likeness (QED) is 0.135. The number of aromatic nitrogens is 3. The molecule has 1 fully saturated rings. The van der Waals surface area contributed by atoms with Crippen LogP contribution in [0.4, 0.5) is 13.2 Å². The van der Waals surface area contributed by atoms with Crippen LogP contribution in [0.3, 0.4) is 0 Å². The molecule has 3 atom stereocenters. The van der Waals surface area contributed by atoms with E-state index in [2.05, 4.69) is 16.7 Å². The van der Waals surface area contributed by atoms with Gasteiger partial charge in [-0.2, -0.15) is 10.4 Å². The Morgan fingerprint density at radius 1 is 1.14 bits per heavy atom. The molecule has 3 aliphatic heterocycles. The van der Waals surface area contributed by atoms with E-state index in [0.717, 1.165) is 18.2 Å². The van der Waals surface area contributed by atoms with Gasteiger partial charge in [0.05, 0.1) is 61.9 Å². The van der Waals surface area contributed by atoms with Crippen LogP contribution >= 0.6 is 19.6 Å². The van der Waals surface area contributed by atoms with Gasteiger partial charge >= 0.3 is 13.8 Å². The van der Waals surface area contributed by atoms with E-state index in [0.29, 0.717) is 5.56 Å². The normalized spacial score (nSPS) is 28.7. The highest BCUT2D eigenvalue weighted by molar-refractivity contribution is 8.00. The molecule has 2 bridgehead atoms. The zero-order valence-electron chi connectivity index (χ0n) is 31.0. The zero-order valence-corrected chi connectivity index (χ0v) is 32.7. The summed E-state index contributed by atoms with van der Waals surface area (Å²) in [4.78, 5) is 18.3. The lowest BCUT2D eigenvalue weighted by atomic mass is 9.86. The Labute approximate surface area is 327 Å². The number of ether oxygens (including phenoxy) is 3. The first kappa shape index (κ1) is 42.8. The van der Waals surface area contributed by atoms with Crippen molar-refractivity contribution in [2.45, 2.75) is 56.1 Å². The Morgan fingerprint density at radius 2 is 1.93 bits per heavy atom. The smallest absolute Gasteiger partial charge is 0.450 e. The van der Waals surface area contributed by atoms with Gasteiger partial charge in [-0.05, 0) is 69.2 Å². The topological polar surface area (TPSA) is 144 Å². The molecule has 0 aliphatic carbocycles. The Balaban J connectivity index is 1.52. The molecule has 298 valence electrons. The molecule has 0 spiro atoms. The van der Waals surface area contributed by atoms with Crippen LogP contribution in [-0.2, 0) is 49.3 Å². The first-order valence-corrected chi connectivity index (χ1v) is 20.0. The highest BCUT2D eigenvalue weighted by Crippen LogP contribution is 2.50. The summed E-state index contributed by atoms with van der Waals surface area (Å²) in [5, 5.41) is 12.6. The second-order valence-electron chi connectivity index (χ2n) is 13.4. The van der Waals surface area contributed by atoms with Crippen LogP contribution < -0.4 is 0 Å². The second kappa shape index (κ2) is 19.2. The molecule has 2 aromatic carbocycles. The molecule has 3 aliphatic rings. The summed E-state index contributed by atoms with van der Waals surface area (Å²) in [7, 11) is -4.36. The van der Waals surface area contributed by atoms with Gasteiger partial charge in [0.2, 0.25) is 0 Å². The van der Waals surface area contributed by atoms with E-state index in [9.17, 15) is 19.0 Å². The van der Waals surface area contributed by atoms with Gasteiger partial charge in [-0.1, -0.05) is 30.4 Å². The van der Waals surface area contributed by atoms with E-state index in [1.165, 1.54) is 47.3 Å². The summed E-state index contributed by atoms with van der Waals surface area (Å²) < 4.78 is 95.5. The predicted octanol–water partition coefficient (Wildman–Crippen LogP) is 8.08. The fourth-order valence-corrected chi connectivity index (χ4v) is 8.20. The molecule has 1 unspecified atom stereocenters. The highest BCUT2D eigenvalue weighted by atomic mass is 32.2. The fraction of sp³-hybridized carbons (Fsp3) is 0.385. The maximum atomic E-state index is 15.9. The minimum atomic E-state index is -4.36. The lowest BCUT2D eigenvalue weighted by Crippen LogP contribution is -2.49. The van der Waals surface area contributed by atoms with Crippen LogP contribution in [0.2, 0.25) is 0 Å². The number of halogens is 3. The highest BCUT2D eigenvalue weighted by Gasteiger charge is 2.49. The largest absolute Gasteiger partial charge is 0.475 e. The number of nitriles is 1. The summed E-state index contributed by atoms with van der Waals surface area (Å²) in [5.41, 5.74) is -2.48. The molecule has 3 aromatic rings. The third-order valence-electron chi connectivity index (χ3n) is 8.94. The van der Waals surface area contributed by atoms with Crippen LogP contribution in [0.1, 0.15) is 49.4 Å². The van der Waals surface area contributed by atoms with Gasteiger partial charge in [0.1, 0.15) is 30.1 Å². The first-order chi connectivity index (χ1) is 26.8. The summed E-state index contributed by atoms with van der Waals surface area (Å²) in [6.45, 7) is 7.53. The number of rotatable bonds is 6. The standard InChI is InChI=1S/C39H42F3N4O8PS/c1-5-16-51-55(48)52-17-14-34(41)32-19-28(21-43)10-11-29(32)8-6-7-9-36-49-22-31(23-50-36)56-27(2)39(24-46-26-44-25-45-46,33-13-12-30(40)20-35(33)42)54-37(47)38(3,4)15-18-53-55/h5-14,19-20,25-27,31,36H,1,15-18,22-24H2,2-4H3/b8-6+,9-7+,34-14+/t27-,31?,36?,39-,55?/m1/s1. The number of thioether (sulfide) groups is 1. The summed E-state index contributed by atoms with van der Waals surface area (Å²) in [5.74, 6) is -3.31. The van der Waals surface area contributed by atoms with Gasteiger partial charge < -0.3 is 14.2 Å². The third-order valence-corrected chi connectivity index (χ3v) is 11.8. The lowest BCUT2D eigenvalue weighted by Gasteiger charge is -2.42. The van der Waals surface area contributed by atoms with Crippen molar-refractivity contribution in [2.24, 2.45) is 5.41 Å². The van der Waals surface area contributed by atoms with Crippen molar-refractivity contribution in [1.82, 2.24) is 14.8 Å². The molecule has 0 radical (unpaired) electrons. The van der Waals surface area contributed by atoms with Gasteiger partial charge in [0.15, 0.2) is 11.9 Å². The third kappa shape index (κ3) is 10.9. The molecule has 56 heavy (non-hydrogen) atoms. The van der Waals surface area contributed by atoms with Crippen molar-refractivity contribution in [3.8, 4) is 6.07 Å². The molecule has 4 heterocycles. The molecule has 1 aromatic heterocycles. The molecule has 0 amide bonds. The van der Waals surface area contributed by atoms with Gasteiger partial charge in [0, 0.05) is 22.4 Å². The van der Waals surface area contributed by atoms with Crippen LogP contribution in [-0.4, -0.2) is 70.6 Å². The Hall–Kier alpha value is -4.33. The second-order valence-corrected chi connectivity index (χ2v) is 16.8. The molecular formula is C39H42F3N4O8PS. The number of phosphoric acid groups is 1. The number of nitrogens with zero attached hydrogens (tertiary/aromatic N) is 4. The molecule has 6 rings (SSSR count).